The van der Waals surface area contributed by atoms with Gasteiger partial charge >= 0.3 is 5.97 Å². The average molecular weight is 303 g/mol. The Morgan fingerprint density at radius 2 is 2.05 bits per heavy atom. The van der Waals surface area contributed by atoms with Crippen LogP contribution in [0.2, 0.25) is 0 Å². The third-order valence-corrected chi connectivity index (χ3v) is 5.03. The van der Waals surface area contributed by atoms with Gasteiger partial charge in [-0.05, 0) is 31.0 Å². The van der Waals surface area contributed by atoms with E-state index in [0.717, 1.165) is 16.4 Å². The lowest BCUT2D eigenvalue weighted by molar-refractivity contribution is 0.0696. The Morgan fingerprint density at radius 3 is 2.50 bits per heavy atom. The number of sulfonamides is 1. The molecule has 0 bridgehead atoms. The van der Waals surface area contributed by atoms with Crippen LogP contribution in [0.5, 0.6) is 0 Å². The second-order valence-corrected chi connectivity index (χ2v) is 6.38. The molecule has 6 nitrogen and oxygen atoms in total. The zero-order chi connectivity index (χ0) is 14.9. The van der Waals surface area contributed by atoms with Gasteiger partial charge in [0.15, 0.2) is 0 Å². The molecule has 2 N–H and O–H groups in total. The minimum atomic E-state index is -4.07. The Labute approximate surface area is 115 Å². The monoisotopic (exact) mass is 303 g/mol. The van der Waals surface area contributed by atoms with E-state index in [1.54, 1.807) is 0 Å². The van der Waals surface area contributed by atoms with Gasteiger partial charge in [-0.25, -0.2) is 17.6 Å². The number of rotatable bonds is 6. The predicted molar refractivity (Wildman–Crippen MR) is 67.4 cm³/mol. The summed E-state index contributed by atoms with van der Waals surface area (Å²) < 4.78 is 39.6. The van der Waals surface area contributed by atoms with Crippen LogP contribution in [0.15, 0.2) is 23.1 Å². The highest BCUT2D eigenvalue weighted by molar-refractivity contribution is 7.89. The molecule has 1 aliphatic carbocycles. The van der Waals surface area contributed by atoms with Crippen molar-refractivity contribution in [1.29, 1.82) is 0 Å². The third-order valence-electron chi connectivity index (χ3n) is 3.04. The molecule has 0 spiro atoms. The summed E-state index contributed by atoms with van der Waals surface area (Å²) in [5.74, 6) is -2.43. The first-order valence-corrected chi connectivity index (χ1v) is 7.47. The van der Waals surface area contributed by atoms with Crippen molar-refractivity contribution in [3.8, 4) is 0 Å². The Hall–Kier alpha value is -1.51. The fourth-order valence-corrected chi connectivity index (χ4v) is 3.65. The molecule has 0 aliphatic heterocycles. The van der Waals surface area contributed by atoms with Crippen LogP contribution in [-0.2, 0) is 10.0 Å². The molecule has 0 atom stereocenters. The molecule has 0 radical (unpaired) electrons. The van der Waals surface area contributed by atoms with Gasteiger partial charge in [0.25, 0.3) is 0 Å². The van der Waals surface area contributed by atoms with Crippen molar-refractivity contribution >= 4 is 16.0 Å². The zero-order valence-electron chi connectivity index (χ0n) is 10.5. The Kier molecular flexibility index (Phi) is 4.07. The normalized spacial score (nSPS) is 15.6. The van der Waals surface area contributed by atoms with Crippen LogP contribution in [0.3, 0.4) is 0 Å². The number of carbonyl (C=O) groups is 1. The van der Waals surface area contributed by atoms with Crippen LogP contribution in [0.25, 0.3) is 0 Å². The van der Waals surface area contributed by atoms with Gasteiger partial charge in [0.2, 0.25) is 10.0 Å². The molecular weight excluding hydrogens is 289 g/mol. The van der Waals surface area contributed by atoms with E-state index in [1.807, 2.05) is 0 Å². The van der Waals surface area contributed by atoms with Gasteiger partial charge in [-0.2, -0.15) is 4.31 Å². The van der Waals surface area contributed by atoms with E-state index in [4.69, 9.17) is 10.2 Å². The summed E-state index contributed by atoms with van der Waals surface area (Å²) >= 11 is 0. The van der Waals surface area contributed by atoms with Crippen molar-refractivity contribution in [3.63, 3.8) is 0 Å². The van der Waals surface area contributed by atoms with Crippen molar-refractivity contribution in [3.05, 3.63) is 29.6 Å². The summed E-state index contributed by atoms with van der Waals surface area (Å²) in [5, 5.41) is 17.7. The highest BCUT2D eigenvalue weighted by atomic mass is 32.2. The summed E-state index contributed by atoms with van der Waals surface area (Å²) in [6.07, 6.45) is 1.35. The summed E-state index contributed by atoms with van der Waals surface area (Å²) in [6.45, 7) is -0.461. The molecule has 0 saturated heterocycles. The maximum Gasteiger partial charge on any atom is 0.335 e. The lowest BCUT2D eigenvalue weighted by atomic mass is 10.2. The lowest BCUT2D eigenvalue weighted by Crippen LogP contribution is -2.36. The number of nitrogens with zero attached hydrogens (tertiary/aromatic N) is 1. The van der Waals surface area contributed by atoms with Crippen LogP contribution in [0.1, 0.15) is 23.2 Å². The van der Waals surface area contributed by atoms with Crippen molar-refractivity contribution in [2.45, 2.75) is 23.8 Å². The van der Waals surface area contributed by atoms with Gasteiger partial charge in [0.05, 0.1) is 12.2 Å². The minimum absolute atomic E-state index is 0.104. The van der Waals surface area contributed by atoms with Crippen LogP contribution < -0.4 is 0 Å². The smallest absolute Gasteiger partial charge is 0.335 e. The SMILES string of the molecule is O=C(O)c1ccc(S(=O)(=O)N(CCO)C2CC2)c(F)c1. The van der Waals surface area contributed by atoms with Crippen molar-refractivity contribution in [2.24, 2.45) is 0 Å². The highest BCUT2D eigenvalue weighted by Gasteiger charge is 2.38. The molecule has 1 aliphatic rings. The van der Waals surface area contributed by atoms with Gasteiger partial charge in [0.1, 0.15) is 10.7 Å². The Bertz CT molecular complexity index is 627. The molecule has 1 fully saturated rings. The molecule has 0 unspecified atom stereocenters. The molecule has 110 valence electrons. The first-order valence-electron chi connectivity index (χ1n) is 6.03. The summed E-state index contributed by atoms with van der Waals surface area (Å²) in [4.78, 5) is 10.1. The van der Waals surface area contributed by atoms with Gasteiger partial charge in [0, 0.05) is 12.6 Å². The number of carboxylic acids is 1. The number of hydrogen-bond acceptors (Lipinski definition) is 4. The fraction of sp³-hybridized carbons (Fsp3) is 0.417. The van der Waals surface area contributed by atoms with Crippen LogP contribution >= 0.6 is 0 Å². The molecule has 8 heteroatoms. The molecule has 0 heterocycles. The Balaban J connectivity index is 2.40. The zero-order valence-corrected chi connectivity index (χ0v) is 11.3. The van der Waals surface area contributed by atoms with Crippen LogP contribution in [0, 0.1) is 5.82 Å². The summed E-state index contributed by atoms with van der Waals surface area (Å²) in [6, 6.07) is 2.45. The molecular formula is C12H14FNO5S. The largest absolute Gasteiger partial charge is 0.478 e. The predicted octanol–water partition coefficient (Wildman–Crippen LogP) is 0.669. The number of halogens is 1. The molecule has 0 amide bonds. The average Bonchev–Trinajstić information content (AvgIpc) is 3.19. The molecule has 20 heavy (non-hydrogen) atoms. The van der Waals surface area contributed by atoms with E-state index in [9.17, 15) is 17.6 Å². The fourth-order valence-electron chi connectivity index (χ4n) is 1.93. The second-order valence-electron chi connectivity index (χ2n) is 4.52. The standard InChI is InChI=1S/C12H14FNO5S/c13-10-7-8(12(16)17)1-4-11(10)20(18,19)14(5-6-15)9-2-3-9/h1,4,7,9,15H,2-3,5-6H2,(H,16,17). The maximum atomic E-state index is 13.9. The van der Waals surface area contributed by atoms with E-state index >= 15 is 0 Å². The van der Waals surface area contributed by atoms with E-state index in [-0.39, 0.29) is 24.8 Å². The van der Waals surface area contributed by atoms with Gasteiger partial charge in [-0.3, -0.25) is 0 Å². The number of aliphatic hydroxyl groups is 1. The second kappa shape index (κ2) is 5.47. The molecule has 1 aromatic carbocycles. The van der Waals surface area contributed by atoms with Crippen LogP contribution in [0.4, 0.5) is 4.39 Å². The van der Waals surface area contributed by atoms with E-state index < -0.39 is 26.7 Å². The van der Waals surface area contributed by atoms with Gasteiger partial charge in [-0.1, -0.05) is 0 Å². The molecule has 1 saturated carbocycles. The number of aromatic carboxylic acids is 1. The van der Waals surface area contributed by atoms with Crippen molar-refractivity contribution in [2.75, 3.05) is 13.2 Å². The first-order chi connectivity index (χ1) is 9.37. The number of carboxylic acid groups (broad SMARTS) is 1. The summed E-state index contributed by atoms with van der Waals surface area (Å²) in [7, 11) is -4.07. The van der Waals surface area contributed by atoms with Crippen molar-refractivity contribution in [1.82, 2.24) is 4.31 Å². The van der Waals surface area contributed by atoms with Crippen LogP contribution in [-0.4, -0.2) is 48.1 Å². The minimum Gasteiger partial charge on any atom is -0.478 e. The van der Waals surface area contributed by atoms with E-state index in [2.05, 4.69) is 0 Å². The van der Waals surface area contributed by atoms with E-state index in [0.29, 0.717) is 18.9 Å². The lowest BCUT2D eigenvalue weighted by Gasteiger charge is -2.21. The number of aliphatic hydroxyl groups excluding tert-OH is 1. The van der Waals surface area contributed by atoms with Gasteiger partial charge in [-0.15, -0.1) is 0 Å². The maximum absolute atomic E-state index is 13.9. The summed E-state index contributed by atoms with van der Waals surface area (Å²) in [5.41, 5.74) is -0.318. The molecule has 0 aromatic heterocycles. The quantitative estimate of drug-likeness (QED) is 0.805. The Morgan fingerprint density at radius 1 is 1.40 bits per heavy atom. The topological polar surface area (TPSA) is 94.9 Å². The number of hydrogen-bond donors (Lipinski definition) is 2. The molecule has 1 aromatic rings. The molecule has 2 rings (SSSR count). The first kappa shape index (κ1) is 14.9. The van der Waals surface area contributed by atoms with Gasteiger partial charge < -0.3 is 10.2 Å². The highest BCUT2D eigenvalue weighted by Crippen LogP contribution is 2.32. The number of benzene rings is 1. The third kappa shape index (κ3) is 2.82. The van der Waals surface area contributed by atoms with E-state index in [1.165, 1.54) is 0 Å². The van der Waals surface area contributed by atoms with Crippen molar-refractivity contribution < 1.29 is 27.8 Å².